The molecule has 0 saturated carbocycles. The average Bonchev–Trinajstić information content (AvgIpc) is 3.09. The number of rotatable bonds is 4. The summed E-state index contributed by atoms with van der Waals surface area (Å²) in [5.74, 6) is 1.71. The van der Waals surface area contributed by atoms with Crippen molar-refractivity contribution in [2.75, 3.05) is 30.9 Å². The van der Waals surface area contributed by atoms with E-state index in [9.17, 15) is 0 Å². The molecule has 0 bridgehead atoms. The van der Waals surface area contributed by atoms with E-state index in [4.69, 9.17) is 0 Å². The van der Waals surface area contributed by atoms with Gasteiger partial charge in [0.05, 0.1) is 0 Å². The average molecular weight is 295 g/mol. The first kappa shape index (κ1) is 14.0. The summed E-state index contributed by atoms with van der Waals surface area (Å²) < 4.78 is 1.76. The van der Waals surface area contributed by atoms with Crippen LogP contribution >= 0.6 is 0 Å². The first-order valence-corrected chi connectivity index (χ1v) is 6.85. The summed E-state index contributed by atoms with van der Waals surface area (Å²) in [7, 11) is 5.74. The molecule has 0 radical (unpaired) electrons. The third kappa shape index (κ3) is 2.73. The molecule has 0 aliphatic carbocycles. The van der Waals surface area contributed by atoms with Crippen molar-refractivity contribution in [1.82, 2.24) is 24.5 Å². The quantitative estimate of drug-likeness (QED) is 0.732. The van der Waals surface area contributed by atoms with Crippen LogP contribution in [0.5, 0.6) is 0 Å². The van der Waals surface area contributed by atoms with Crippen molar-refractivity contribution >= 4 is 17.6 Å². The predicted octanol–water partition coefficient (Wildman–Crippen LogP) is 1.89. The molecule has 112 valence electrons. The molecule has 0 fully saturated rings. The van der Waals surface area contributed by atoms with E-state index in [1.165, 1.54) is 0 Å². The van der Waals surface area contributed by atoms with E-state index in [0.717, 1.165) is 5.69 Å². The number of anilines is 3. The summed E-state index contributed by atoms with van der Waals surface area (Å²) in [4.78, 5) is 21.3. The Balaban J connectivity index is 2.07. The molecular formula is C15H17N7. The predicted molar refractivity (Wildman–Crippen MR) is 85.8 cm³/mol. The van der Waals surface area contributed by atoms with Crippen LogP contribution in [0.1, 0.15) is 0 Å². The van der Waals surface area contributed by atoms with Crippen molar-refractivity contribution in [1.29, 1.82) is 0 Å². The molecule has 3 aromatic rings. The van der Waals surface area contributed by atoms with Gasteiger partial charge in [-0.15, -0.1) is 0 Å². The number of aromatic nitrogens is 5. The van der Waals surface area contributed by atoms with Crippen LogP contribution in [0.15, 0.2) is 49.1 Å². The summed E-state index contributed by atoms with van der Waals surface area (Å²) >= 11 is 0. The van der Waals surface area contributed by atoms with Gasteiger partial charge >= 0.3 is 0 Å². The molecule has 2 heterocycles. The topological polar surface area (TPSA) is 63.0 Å². The lowest BCUT2D eigenvalue weighted by atomic mass is 10.3. The van der Waals surface area contributed by atoms with Crippen molar-refractivity contribution in [3.8, 4) is 5.95 Å². The van der Waals surface area contributed by atoms with Gasteiger partial charge in [0.15, 0.2) is 0 Å². The summed E-state index contributed by atoms with van der Waals surface area (Å²) in [5, 5.41) is 0. The lowest BCUT2D eigenvalue weighted by Crippen LogP contribution is -2.20. The third-order valence-electron chi connectivity index (χ3n) is 3.18. The minimum Gasteiger partial charge on any atom is -0.347 e. The summed E-state index contributed by atoms with van der Waals surface area (Å²) in [6.07, 6.45) is 5.17. The normalized spacial score (nSPS) is 10.5. The van der Waals surface area contributed by atoms with E-state index in [0.29, 0.717) is 17.8 Å². The zero-order valence-electron chi connectivity index (χ0n) is 12.7. The van der Waals surface area contributed by atoms with E-state index in [-0.39, 0.29) is 0 Å². The minimum atomic E-state index is 0.536. The fourth-order valence-electron chi connectivity index (χ4n) is 1.95. The van der Waals surface area contributed by atoms with Crippen LogP contribution in [0, 0.1) is 0 Å². The highest BCUT2D eigenvalue weighted by Crippen LogP contribution is 2.21. The van der Waals surface area contributed by atoms with Crippen molar-refractivity contribution in [3.63, 3.8) is 0 Å². The van der Waals surface area contributed by atoms with Gasteiger partial charge in [-0.05, 0) is 12.1 Å². The molecule has 0 amide bonds. The standard InChI is InChI=1S/C15H17N7/c1-20(2)13-17-14(21(3)12-7-5-4-6-8-12)19-15(18-13)22-10-9-16-11-22/h4-11H,1-3H3. The van der Waals surface area contributed by atoms with Crippen LogP contribution in [0.25, 0.3) is 5.95 Å². The molecule has 0 aliphatic heterocycles. The van der Waals surface area contributed by atoms with Crippen molar-refractivity contribution < 1.29 is 0 Å². The zero-order chi connectivity index (χ0) is 15.5. The van der Waals surface area contributed by atoms with Crippen LogP contribution in [-0.4, -0.2) is 45.6 Å². The van der Waals surface area contributed by atoms with Gasteiger partial charge in [-0.1, -0.05) is 18.2 Å². The number of benzene rings is 1. The smallest absolute Gasteiger partial charge is 0.241 e. The van der Waals surface area contributed by atoms with Gasteiger partial charge in [-0.2, -0.15) is 15.0 Å². The lowest BCUT2D eigenvalue weighted by Gasteiger charge is -2.20. The monoisotopic (exact) mass is 295 g/mol. The van der Waals surface area contributed by atoms with Crippen molar-refractivity contribution in [3.05, 3.63) is 49.1 Å². The Labute approximate surface area is 128 Å². The largest absolute Gasteiger partial charge is 0.347 e. The van der Waals surface area contributed by atoms with Crippen LogP contribution in [0.4, 0.5) is 17.6 Å². The van der Waals surface area contributed by atoms with Gasteiger partial charge in [-0.3, -0.25) is 4.57 Å². The van der Waals surface area contributed by atoms with Gasteiger partial charge in [-0.25, -0.2) is 4.98 Å². The van der Waals surface area contributed by atoms with Gasteiger partial charge in [0.1, 0.15) is 6.33 Å². The van der Waals surface area contributed by atoms with E-state index in [2.05, 4.69) is 19.9 Å². The Morgan fingerprint density at radius 1 is 0.909 bits per heavy atom. The molecule has 0 atom stereocenters. The van der Waals surface area contributed by atoms with E-state index >= 15 is 0 Å². The van der Waals surface area contributed by atoms with Crippen LogP contribution in [0.2, 0.25) is 0 Å². The van der Waals surface area contributed by atoms with Crippen molar-refractivity contribution in [2.45, 2.75) is 0 Å². The highest BCUT2D eigenvalue weighted by molar-refractivity contribution is 5.57. The van der Waals surface area contributed by atoms with Crippen molar-refractivity contribution in [2.24, 2.45) is 0 Å². The minimum absolute atomic E-state index is 0.536. The summed E-state index contributed by atoms with van der Waals surface area (Å²) in [6, 6.07) is 9.96. The van der Waals surface area contributed by atoms with Crippen LogP contribution < -0.4 is 9.80 Å². The fraction of sp³-hybridized carbons (Fsp3) is 0.200. The molecule has 0 N–H and O–H groups in total. The molecule has 0 spiro atoms. The Bertz CT molecular complexity index is 738. The number of imidazole rings is 1. The van der Waals surface area contributed by atoms with Crippen LogP contribution in [0.3, 0.4) is 0 Å². The molecule has 7 nitrogen and oxygen atoms in total. The Kier molecular flexibility index (Phi) is 3.69. The molecule has 3 rings (SSSR count). The third-order valence-corrected chi connectivity index (χ3v) is 3.18. The second-order valence-electron chi connectivity index (χ2n) is 4.99. The number of hydrogen-bond acceptors (Lipinski definition) is 6. The Morgan fingerprint density at radius 3 is 2.27 bits per heavy atom. The fourth-order valence-corrected chi connectivity index (χ4v) is 1.95. The molecule has 0 unspecified atom stereocenters. The number of hydrogen-bond donors (Lipinski definition) is 0. The first-order valence-electron chi connectivity index (χ1n) is 6.85. The Morgan fingerprint density at radius 2 is 1.64 bits per heavy atom. The summed E-state index contributed by atoms with van der Waals surface area (Å²) in [6.45, 7) is 0. The highest BCUT2D eigenvalue weighted by Gasteiger charge is 2.13. The van der Waals surface area contributed by atoms with E-state index in [1.807, 2.05) is 61.3 Å². The first-order chi connectivity index (χ1) is 10.6. The number of nitrogens with zero attached hydrogens (tertiary/aromatic N) is 7. The van der Waals surface area contributed by atoms with E-state index < -0.39 is 0 Å². The molecule has 7 heteroatoms. The summed E-state index contributed by atoms with van der Waals surface area (Å²) in [5.41, 5.74) is 1.01. The Hall–Kier alpha value is -2.96. The highest BCUT2D eigenvalue weighted by atomic mass is 15.4. The maximum Gasteiger partial charge on any atom is 0.241 e. The van der Waals surface area contributed by atoms with Gasteiger partial charge < -0.3 is 9.80 Å². The lowest BCUT2D eigenvalue weighted by molar-refractivity contribution is 0.858. The van der Waals surface area contributed by atoms with Crippen LogP contribution in [-0.2, 0) is 0 Å². The molecule has 0 saturated heterocycles. The maximum absolute atomic E-state index is 4.53. The number of para-hydroxylation sites is 1. The molecule has 1 aromatic carbocycles. The van der Waals surface area contributed by atoms with Gasteiger partial charge in [0.25, 0.3) is 0 Å². The maximum atomic E-state index is 4.53. The van der Waals surface area contributed by atoms with Gasteiger partial charge in [0, 0.05) is 39.2 Å². The second-order valence-corrected chi connectivity index (χ2v) is 4.99. The SMILES string of the molecule is CN(C)c1nc(N(C)c2ccccc2)nc(-n2ccnc2)n1. The molecular weight excluding hydrogens is 278 g/mol. The molecule has 0 aliphatic rings. The molecule has 22 heavy (non-hydrogen) atoms. The van der Waals surface area contributed by atoms with Gasteiger partial charge in [0.2, 0.25) is 17.8 Å². The molecule has 2 aromatic heterocycles. The zero-order valence-corrected chi connectivity index (χ0v) is 12.7. The van der Waals surface area contributed by atoms with E-state index in [1.54, 1.807) is 23.3 Å². The second kappa shape index (κ2) is 5.80.